The quantitative estimate of drug-likeness (QED) is 0.222. The van der Waals surface area contributed by atoms with Crippen LogP contribution >= 0.6 is 0 Å². The standard InChI is InChI=1S/C22H44N2O4/c1-3-4-5-6-7-8-9-10-11-12-13-14-18-28-22(27)20-24(19-21(25)26)17-15-16-23-2/h23H,3-20H2,1-2H3,(H,25,26). The molecule has 0 atom stereocenters. The predicted octanol–water partition coefficient (Wildman–Crippen LogP) is 4.23. The monoisotopic (exact) mass is 400 g/mol. The van der Waals surface area contributed by atoms with E-state index < -0.39 is 5.97 Å². The minimum absolute atomic E-state index is 0.0499. The summed E-state index contributed by atoms with van der Waals surface area (Å²) in [6.07, 6.45) is 16.1. The van der Waals surface area contributed by atoms with Crippen molar-refractivity contribution in [3.05, 3.63) is 0 Å². The Kier molecular flexibility index (Phi) is 19.8. The average molecular weight is 401 g/mol. The van der Waals surface area contributed by atoms with Gasteiger partial charge in [0.05, 0.1) is 19.7 Å². The number of ether oxygens (including phenoxy) is 1. The average Bonchev–Trinajstić information content (AvgIpc) is 2.65. The highest BCUT2D eigenvalue weighted by Crippen LogP contribution is 2.11. The van der Waals surface area contributed by atoms with E-state index >= 15 is 0 Å². The van der Waals surface area contributed by atoms with Gasteiger partial charge in [0.25, 0.3) is 0 Å². The first kappa shape index (κ1) is 26.9. The highest BCUT2D eigenvalue weighted by atomic mass is 16.5. The van der Waals surface area contributed by atoms with Gasteiger partial charge in [-0.1, -0.05) is 77.6 Å². The summed E-state index contributed by atoms with van der Waals surface area (Å²) < 4.78 is 5.26. The lowest BCUT2D eigenvalue weighted by Gasteiger charge is -2.19. The molecule has 0 amide bonds. The molecule has 0 aliphatic heterocycles. The molecule has 0 bridgehead atoms. The third-order valence-corrected chi connectivity index (χ3v) is 4.87. The van der Waals surface area contributed by atoms with Crippen molar-refractivity contribution in [3.63, 3.8) is 0 Å². The molecule has 0 aromatic rings. The molecular weight excluding hydrogens is 356 g/mol. The fraction of sp³-hybridized carbons (Fsp3) is 0.909. The summed E-state index contributed by atoms with van der Waals surface area (Å²) in [7, 11) is 1.85. The van der Waals surface area contributed by atoms with Crippen LogP contribution in [0.25, 0.3) is 0 Å². The normalized spacial score (nSPS) is 11.1. The largest absolute Gasteiger partial charge is 0.480 e. The van der Waals surface area contributed by atoms with Gasteiger partial charge in [-0.25, -0.2) is 0 Å². The molecule has 0 aliphatic rings. The first-order valence-electron chi connectivity index (χ1n) is 11.3. The number of esters is 1. The molecule has 0 spiro atoms. The third kappa shape index (κ3) is 19.6. The Balaban J connectivity index is 3.55. The number of carbonyl (C=O) groups excluding carboxylic acids is 1. The van der Waals surface area contributed by atoms with Gasteiger partial charge in [0.1, 0.15) is 0 Å². The highest BCUT2D eigenvalue weighted by molar-refractivity contribution is 5.74. The maximum absolute atomic E-state index is 11.9. The zero-order valence-electron chi connectivity index (χ0n) is 18.3. The van der Waals surface area contributed by atoms with Crippen LogP contribution in [0.2, 0.25) is 0 Å². The van der Waals surface area contributed by atoms with Crippen molar-refractivity contribution in [3.8, 4) is 0 Å². The van der Waals surface area contributed by atoms with Crippen molar-refractivity contribution >= 4 is 11.9 Å². The fourth-order valence-corrected chi connectivity index (χ4v) is 3.24. The number of hydrogen-bond donors (Lipinski definition) is 2. The lowest BCUT2D eigenvalue weighted by Crippen LogP contribution is -2.37. The second-order valence-electron chi connectivity index (χ2n) is 7.67. The Labute approximate surface area is 172 Å². The van der Waals surface area contributed by atoms with Crippen molar-refractivity contribution < 1.29 is 19.4 Å². The molecule has 166 valence electrons. The van der Waals surface area contributed by atoms with Crippen LogP contribution in [-0.2, 0) is 14.3 Å². The van der Waals surface area contributed by atoms with Crippen LogP contribution in [0.3, 0.4) is 0 Å². The molecule has 0 rings (SSSR count). The summed E-state index contributed by atoms with van der Waals surface area (Å²) in [4.78, 5) is 24.4. The van der Waals surface area contributed by atoms with Crippen LogP contribution in [0, 0.1) is 0 Å². The van der Waals surface area contributed by atoms with Gasteiger partial charge in [-0.15, -0.1) is 0 Å². The van der Waals surface area contributed by atoms with E-state index in [0.29, 0.717) is 13.2 Å². The summed E-state index contributed by atoms with van der Waals surface area (Å²) in [6.45, 7) is 3.98. The molecule has 0 radical (unpaired) electrons. The van der Waals surface area contributed by atoms with E-state index in [1.165, 1.54) is 64.2 Å². The van der Waals surface area contributed by atoms with E-state index in [9.17, 15) is 9.59 Å². The Bertz CT molecular complexity index is 378. The molecule has 6 nitrogen and oxygen atoms in total. The van der Waals surface area contributed by atoms with E-state index in [4.69, 9.17) is 9.84 Å². The lowest BCUT2D eigenvalue weighted by atomic mass is 10.1. The number of nitrogens with zero attached hydrogens (tertiary/aromatic N) is 1. The molecule has 0 aliphatic carbocycles. The maximum Gasteiger partial charge on any atom is 0.320 e. The molecule has 0 saturated carbocycles. The summed E-state index contributed by atoms with van der Waals surface area (Å²) in [5, 5.41) is 12.0. The van der Waals surface area contributed by atoms with Gasteiger partial charge in [0, 0.05) is 6.54 Å². The second-order valence-corrected chi connectivity index (χ2v) is 7.67. The van der Waals surface area contributed by atoms with Crippen molar-refractivity contribution in [2.24, 2.45) is 0 Å². The number of hydrogen-bond acceptors (Lipinski definition) is 5. The molecule has 2 N–H and O–H groups in total. The van der Waals surface area contributed by atoms with Crippen molar-refractivity contribution in [1.29, 1.82) is 0 Å². The zero-order valence-corrected chi connectivity index (χ0v) is 18.3. The van der Waals surface area contributed by atoms with Gasteiger partial charge in [0.2, 0.25) is 0 Å². The number of unbranched alkanes of at least 4 members (excludes halogenated alkanes) is 11. The first-order chi connectivity index (χ1) is 13.6. The highest BCUT2D eigenvalue weighted by Gasteiger charge is 2.14. The minimum atomic E-state index is -0.918. The van der Waals surface area contributed by atoms with Crippen LogP contribution in [-0.4, -0.2) is 61.8 Å². The van der Waals surface area contributed by atoms with E-state index in [1.807, 2.05) is 7.05 Å². The molecule has 0 unspecified atom stereocenters. The summed E-state index contributed by atoms with van der Waals surface area (Å²) in [5.41, 5.74) is 0. The molecule has 0 aromatic heterocycles. The molecule has 6 heteroatoms. The van der Waals surface area contributed by atoms with Crippen molar-refractivity contribution in [1.82, 2.24) is 10.2 Å². The minimum Gasteiger partial charge on any atom is -0.480 e. The smallest absolute Gasteiger partial charge is 0.320 e. The second kappa shape index (κ2) is 20.6. The Morgan fingerprint density at radius 1 is 0.821 bits per heavy atom. The Morgan fingerprint density at radius 3 is 1.86 bits per heavy atom. The molecular formula is C22H44N2O4. The summed E-state index contributed by atoms with van der Waals surface area (Å²) in [6, 6.07) is 0. The van der Waals surface area contributed by atoms with Crippen molar-refractivity contribution in [2.45, 2.75) is 90.4 Å². The lowest BCUT2D eigenvalue weighted by molar-refractivity contribution is -0.146. The SMILES string of the molecule is CCCCCCCCCCCCCCOC(=O)CN(CCCNC)CC(=O)O. The molecule has 0 fully saturated rings. The van der Waals surface area contributed by atoms with Crippen LogP contribution in [0.4, 0.5) is 0 Å². The maximum atomic E-state index is 11.9. The predicted molar refractivity (Wildman–Crippen MR) is 115 cm³/mol. The fourth-order valence-electron chi connectivity index (χ4n) is 3.24. The third-order valence-electron chi connectivity index (χ3n) is 4.87. The Morgan fingerprint density at radius 2 is 1.36 bits per heavy atom. The van der Waals surface area contributed by atoms with Gasteiger partial charge < -0.3 is 15.2 Å². The Hall–Kier alpha value is -1.14. The zero-order chi connectivity index (χ0) is 20.9. The molecule has 0 aromatic carbocycles. The number of carboxylic acids is 1. The number of rotatable bonds is 21. The van der Waals surface area contributed by atoms with E-state index in [2.05, 4.69) is 12.2 Å². The van der Waals surface area contributed by atoms with Gasteiger partial charge in [-0.3, -0.25) is 14.5 Å². The van der Waals surface area contributed by atoms with Gasteiger partial charge >= 0.3 is 11.9 Å². The van der Waals surface area contributed by atoms with Gasteiger partial charge in [-0.2, -0.15) is 0 Å². The van der Waals surface area contributed by atoms with Crippen LogP contribution in [0.15, 0.2) is 0 Å². The number of carbonyl (C=O) groups is 2. The van der Waals surface area contributed by atoms with Crippen LogP contribution in [0.5, 0.6) is 0 Å². The van der Waals surface area contributed by atoms with E-state index in [-0.39, 0.29) is 19.1 Å². The number of carboxylic acid groups (broad SMARTS) is 1. The topological polar surface area (TPSA) is 78.9 Å². The van der Waals surface area contributed by atoms with Gasteiger partial charge in [-0.05, 0) is 26.4 Å². The molecule has 0 heterocycles. The van der Waals surface area contributed by atoms with Crippen LogP contribution in [0.1, 0.15) is 90.4 Å². The number of aliphatic carboxylic acids is 1. The van der Waals surface area contributed by atoms with Crippen LogP contribution < -0.4 is 5.32 Å². The summed E-state index contributed by atoms with van der Waals surface area (Å²) in [5.74, 6) is -1.24. The molecule has 28 heavy (non-hydrogen) atoms. The van der Waals surface area contributed by atoms with Gasteiger partial charge in [0.15, 0.2) is 0 Å². The van der Waals surface area contributed by atoms with E-state index in [0.717, 1.165) is 25.8 Å². The van der Waals surface area contributed by atoms with E-state index in [1.54, 1.807) is 4.90 Å². The molecule has 0 saturated heterocycles. The van der Waals surface area contributed by atoms with Crippen molar-refractivity contribution in [2.75, 3.05) is 39.8 Å². The first-order valence-corrected chi connectivity index (χ1v) is 11.3. The number of nitrogens with one attached hydrogen (secondary N) is 1. The summed E-state index contributed by atoms with van der Waals surface area (Å²) >= 11 is 0.